The van der Waals surface area contributed by atoms with Crippen molar-refractivity contribution in [1.82, 2.24) is 10.2 Å². The second kappa shape index (κ2) is 5.02. The van der Waals surface area contributed by atoms with Crippen LogP contribution in [0, 0.1) is 5.41 Å². The molecule has 0 aromatic rings. The van der Waals surface area contributed by atoms with Crippen LogP contribution in [0.25, 0.3) is 0 Å². The molecule has 0 aliphatic carbocycles. The minimum absolute atomic E-state index is 0.104. The van der Waals surface area contributed by atoms with Crippen molar-refractivity contribution in [3.63, 3.8) is 0 Å². The van der Waals surface area contributed by atoms with Gasteiger partial charge in [-0.05, 0) is 46.5 Å². The number of nitrogens with zero attached hydrogens (tertiary/aromatic N) is 1. The number of likely N-dealkylation sites (tertiary alicyclic amines) is 1. The van der Waals surface area contributed by atoms with Crippen molar-refractivity contribution < 1.29 is 14.3 Å². The molecule has 2 saturated heterocycles. The van der Waals surface area contributed by atoms with Crippen LogP contribution in [-0.4, -0.2) is 42.1 Å². The van der Waals surface area contributed by atoms with Gasteiger partial charge in [0.05, 0.1) is 5.41 Å². The molecule has 1 atom stereocenters. The van der Waals surface area contributed by atoms with Crippen LogP contribution >= 0.6 is 0 Å². The van der Waals surface area contributed by atoms with E-state index in [0.717, 1.165) is 32.2 Å². The predicted molar refractivity (Wildman–Crippen MR) is 71.7 cm³/mol. The molecular formula is C14H24N2O3. The van der Waals surface area contributed by atoms with Crippen molar-refractivity contribution in [3.8, 4) is 0 Å². The van der Waals surface area contributed by atoms with E-state index in [4.69, 9.17) is 4.74 Å². The molecule has 0 aromatic carbocycles. The fourth-order valence-corrected chi connectivity index (χ4v) is 2.93. The van der Waals surface area contributed by atoms with E-state index in [0.29, 0.717) is 13.1 Å². The van der Waals surface area contributed by atoms with Crippen LogP contribution in [0.2, 0.25) is 0 Å². The van der Waals surface area contributed by atoms with Crippen LogP contribution in [0.4, 0.5) is 4.79 Å². The van der Waals surface area contributed by atoms with Gasteiger partial charge < -0.3 is 15.0 Å². The number of nitrogens with one attached hydrogen (secondary N) is 1. The molecule has 2 amide bonds. The summed E-state index contributed by atoms with van der Waals surface area (Å²) in [5, 5.41) is 2.93. The summed E-state index contributed by atoms with van der Waals surface area (Å²) in [5.74, 6) is 0.104. The van der Waals surface area contributed by atoms with Gasteiger partial charge in [-0.1, -0.05) is 0 Å². The second-order valence-electron chi connectivity index (χ2n) is 6.65. The third-order valence-electron chi connectivity index (χ3n) is 3.83. The van der Waals surface area contributed by atoms with E-state index in [1.165, 1.54) is 0 Å². The van der Waals surface area contributed by atoms with Gasteiger partial charge in [0.2, 0.25) is 5.91 Å². The maximum Gasteiger partial charge on any atom is 0.410 e. The normalized spacial score (nSPS) is 28.2. The Balaban J connectivity index is 2.04. The summed E-state index contributed by atoms with van der Waals surface area (Å²) in [6.07, 6.45) is 3.31. The molecule has 1 N–H and O–H groups in total. The first kappa shape index (κ1) is 14.2. The largest absolute Gasteiger partial charge is 0.444 e. The van der Waals surface area contributed by atoms with Crippen molar-refractivity contribution in [1.29, 1.82) is 0 Å². The summed E-state index contributed by atoms with van der Waals surface area (Å²) in [4.78, 5) is 25.9. The van der Waals surface area contributed by atoms with Crippen molar-refractivity contribution in [2.45, 2.75) is 52.1 Å². The van der Waals surface area contributed by atoms with E-state index in [1.807, 2.05) is 20.8 Å². The van der Waals surface area contributed by atoms with Gasteiger partial charge in [-0.25, -0.2) is 4.79 Å². The van der Waals surface area contributed by atoms with Gasteiger partial charge in [-0.3, -0.25) is 4.79 Å². The van der Waals surface area contributed by atoms with Crippen molar-refractivity contribution >= 4 is 12.0 Å². The van der Waals surface area contributed by atoms with Gasteiger partial charge in [0.1, 0.15) is 5.60 Å². The first-order valence-corrected chi connectivity index (χ1v) is 7.09. The third kappa shape index (κ3) is 3.19. The summed E-state index contributed by atoms with van der Waals surface area (Å²) in [7, 11) is 0. The maximum absolute atomic E-state index is 12.1. The highest BCUT2D eigenvalue weighted by Gasteiger charge is 2.45. The summed E-state index contributed by atoms with van der Waals surface area (Å²) >= 11 is 0. The van der Waals surface area contributed by atoms with Gasteiger partial charge >= 0.3 is 6.09 Å². The lowest BCUT2D eigenvalue weighted by atomic mass is 9.74. The maximum atomic E-state index is 12.1. The molecule has 5 heteroatoms. The Morgan fingerprint density at radius 3 is 2.63 bits per heavy atom. The smallest absolute Gasteiger partial charge is 0.410 e. The van der Waals surface area contributed by atoms with E-state index in [-0.39, 0.29) is 17.4 Å². The minimum Gasteiger partial charge on any atom is -0.444 e. The van der Waals surface area contributed by atoms with E-state index in [2.05, 4.69) is 5.32 Å². The van der Waals surface area contributed by atoms with E-state index >= 15 is 0 Å². The second-order valence-corrected chi connectivity index (χ2v) is 6.65. The zero-order chi connectivity index (χ0) is 14.1. The Morgan fingerprint density at radius 1 is 1.32 bits per heavy atom. The molecule has 108 valence electrons. The number of hydrogen-bond donors (Lipinski definition) is 1. The fourth-order valence-electron chi connectivity index (χ4n) is 2.93. The molecule has 2 rings (SSSR count). The van der Waals surface area contributed by atoms with Crippen molar-refractivity contribution in [2.24, 2.45) is 5.41 Å². The van der Waals surface area contributed by atoms with Crippen LogP contribution in [0.1, 0.15) is 46.5 Å². The molecule has 2 aliphatic rings. The van der Waals surface area contributed by atoms with Crippen molar-refractivity contribution in [2.75, 3.05) is 19.6 Å². The van der Waals surface area contributed by atoms with Gasteiger partial charge in [-0.15, -0.1) is 0 Å². The number of carbonyl (C=O) groups excluding carboxylic acids is 2. The number of piperidine rings is 2. The van der Waals surface area contributed by atoms with Crippen LogP contribution in [0.15, 0.2) is 0 Å². The zero-order valence-corrected chi connectivity index (χ0v) is 12.1. The number of hydrogen-bond acceptors (Lipinski definition) is 3. The average molecular weight is 268 g/mol. The molecule has 1 spiro atoms. The third-order valence-corrected chi connectivity index (χ3v) is 3.83. The van der Waals surface area contributed by atoms with Crippen LogP contribution in [0.3, 0.4) is 0 Å². The number of ether oxygens (including phenoxy) is 1. The predicted octanol–water partition coefficient (Wildman–Crippen LogP) is 1.91. The van der Waals surface area contributed by atoms with Crippen LogP contribution < -0.4 is 5.32 Å². The monoisotopic (exact) mass is 268 g/mol. The highest BCUT2D eigenvalue weighted by atomic mass is 16.6. The highest BCUT2D eigenvalue weighted by molar-refractivity contribution is 5.84. The lowest BCUT2D eigenvalue weighted by molar-refractivity contribution is -0.136. The summed E-state index contributed by atoms with van der Waals surface area (Å²) in [6, 6.07) is 0. The first-order valence-electron chi connectivity index (χ1n) is 7.09. The molecule has 2 fully saturated rings. The number of rotatable bonds is 0. The minimum atomic E-state index is -0.490. The average Bonchev–Trinajstić information content (AvgIpc) is 2.31. The SMILES string of the molecule is CC(C)(C)OC(=O)N1CCCC2(CCCNC2=O)C1. The topological polar surface area (TPSA) is 58.6 Å². The van der Waals surface area contributed by atoms with Gasteiger partial charge in [-0.2, -0.15) is 0 Å². The molecule has 1 unspecified atom stereocenters. The molecular weight excluding hydrogens is 244 g/mol. The van der Waals surface area contributed by atoms with E-state index in [1.54, 1.807) is 4.90 Å². The molecule has 5 nitrogen and oxygen atoms in total. The lowest BCUT2D eigenvalue weighted by Gasteiger charge is -2.43. The van der Waals surface area contributed by atoms with Crippen LogP contribution in [0.5, 0.6) is 0 Å². The van der Waals surface area contributed by atoms with Gasteiger partial charge in [0.25, 0.3) is 0 Å². The van der Waals surface area contributed by atoms with Gasteiger partial charge in [0, 0.05) is 19.6 Å². The zero-order valence-electron chi connectivity index (χ0n) is 12.1. The quantitative estimate of drug-likeness (QED) is 0.730. The van der Waals surface area contributed by atoms with E-state index < -0.39 is 5.60 Å². The summed E-state index contributed by atoms with van der Waals surface area (Å²) in [5.41, 5.74) is -0.871. The number of carbonyl (C=O) groups is 2. The molecule has 0 saturated carbocycles. The molecule has 0 radical (unpaired) electrons. The summed E-state index contributed by atoms with van der Waals surface area (Å²) < 4.78 is 5.40. The number of amides is 2. The first-order chi connectivity index (χ1) is 8.82. The molecule has 19 heavy (non-hydrogen) atoms. The standard InChI is InChI=1S/C14H24N2O3/c1-13(2,3)19-12(18)16-9-5-7-14(10-16)6-4-8-15-11(14)17/h4-10H2,1-3H3,(H,15,17). The van der Waals surface area contributed by atoms with Crippen molar-refractivity contribution in [3.05, 3.63) is 0 Å². The lowest BCUT2D eigenvalue weighted by Crippen LogP contribution is -2.56. The molecule has 2 heterocycles. The Labute approximate surface area is 114 Å². The Hall–Kier alpha value is -1.26. The van der Waals surface area contributed by atoms with Gasteiger partial charge in [0.15, 0.2) is 0 Å². The molecule has 0 bridgehead atoms. The Bertz CT molecular complexity index is 371. The van der Waals surface area contributed by atoms with E-state index in [9.17, 15) is 9.59 Å². The fraction of sp³-hybridized carbons (Fsp3) is 0.857. The molecule has 0 aromatic heterocycles. The highest BCUT2D eigenvalue weighted by Crippen LogP contribution is 2.37. The van der Waals surface area contributed by atoms with Crippen LogP contribution in [-0.2, 0) is 9.53 Å². The Morgan fingerprint density at radius 2 is 2.00 bits per heavy atom. The summed E-state index contributed by atoms with van der Waals surface area (Å²) in [6.45, 7) is 7.51. The Kier molecular flexibility index (Phi) is 3.74. The molecule has 2 aliphatic heterocycles.